The van der Waals surface area contributed by atoms with Gasteiger partial charge in [0.1, 0.15) is 5.75 Å². The molecule has 0 bridgehead atoms. The maximum absolute atomic E-state index is 6.30. The fourth-order valence-corrected chi connectivity index (χ4v) is 4.50. The van der Waals surface area contributed by atoms with Crippen molar-refractivity contribution < 1.29 is 4.74 Å². The standard InChI is InChI=1S/C24H21Cl2N3O/c1-2-30-17-10-7-15(8-11-17)23-14-21(16-9-12-18(25)19(26)13-16)28-24-27-20-5-3-4-6-22(20)29(23)24/h3-13,21,23H,2,14H2,1H3,(H,27,28)/t21-,23+/m1/s1. The first kappa shape index (κ1) is 19.3. The van der Waals surface area contributed by atoms with Crippen molar-refractivity contribution in [3.05, 3.63) is 87.9 Å². The van der Waals surface area contributed by atoms with Crippen molar-refractivity contribution in [1.29, 1.82) is 0 Å². The van der Waals surface area contributed by atoms with Gasteiger partial charge in [-0.15, -0.1) is 0 Å². The van der Waals surface area contributed by atoms with Crippen molar-refractivity contribution >= 4 is 40.2 Å². The number of hydrogen-bond acceptors (Lipinski definition) is 3. The number of nitrogens with zero attached hydrogens (tertiary/aromatic N) is 2. The zero-order valence-corrected chi connectivity index (χ0v) is 18.0. The van der Waals surface area contributed by atoms with E-state index in [0.717, 1.165) is 34.7 Å². The summed E-state index contributed by atoms with van der Waals surface area (Å²) in [6, 6.07) is 22.6. The Morgan fingerprint density at radius 3 is 2.53 bits per heavy atom. The largest absolute Gasteiger partial charge is 0.494 e. The highest BCUT2D eigenvalue weighted by Crippen LogP contribution is 2.42. The Morgan fingerprint density at radius 2 is 1.77 bits per heavy atom. The molecule has 1 aromatic heterocycles. The number of nitrogens with one attached hydrogen (secondary N) is 1. The van der Waals surface area contributed by atoms with Gasteiger partial charge in [-0.2, -0.15) is 0 Å². The first-order valence-electron chi connectivity index (χ1n) is 10.0. The van der Waals surface area contributed by atoms with Crippen LogP contribution in [-0.2, 0) is 0 Å². The maximum Gasteiger partial charge on any atom is 0.204 e. The zero-order valence-electron chi connectivity index (χ0n) is 16.5. The van der Waals surface area contributed by atoms with Crippen LogP contribution in [0.25, 0.3) is 11.0 Å². The van der Waals surface area contributed by atoms with E-state index in [-0.39, 0.29) is 12.1 Å². The van der Waals surface area contributed by atoms with Gasteiger partial charge in [0.15, 0.2) is 0 Å². The van der Waals surface area contributed by atoms with Gasteiger partial charge in [0.25, 0.3) is 0 Å². The van der Waals surface area contributed by atoms with Crippen LogP contribution in [0.4, 0.5) is 5.95 Å². The fraction of sp³-hybridized carbons (Fsp3) is 0.208. The van der Waals surface area contributed by atoms with Crippen molar-refractivity contribution in [3.8, 4) is 5.75 Å². The lowest BCUT2D eigenvalue weighted by Crippen LogP contribution is -2.27. The molecular formula is C24H21Cl2N3O. The molecule has 0 saturated heterocycles. The summed E-state index contributed by atoms with van der Waals surface area (Å²) in [5, 5.41) is 4.73. The Morgan fingerprint density at radius 1 is 1.00 bits per heavy atom. The van der Waals surface area contributed by atoms with E-state index in [1.807, 2.05) is 49.4 Å². The summed E-state index contributed by atoms with van der Waals surface area (Å²) in [4.78, 5) is 4.86. The lowest BCUT2D eigenvalue weighted by molar-refractivity contribution is 0.340. The molecule has 4 nitrogen and oxygen atoms in total. The first-order chi connectivity index (χ1) is 14.6. The van der Waals surface area contributed by atoms with Crippen molar-refractivity contribution in [1.82, 2.24) is 9.55 Å². The minimum Gasteiger partial charge on any atom is -0.494 e. The molecule has 2 atom stereocenters. The molecule has 1 aliphatic rings. The highest BCUT2D eigenvalue weighted by Gasteiger charge is 2.31. The lowest BCUT2D eigenvalue weighted by Gasteiger charge is -2.33. The molecule has 0 spiro atoms. The number of rotatable bonds is 4. The second-order valence-corrected chi connectivity index (χ2v) is 8.23. The third-order valence-corrected chi connectivity index (χ3v) is 6.33. The first-order valence-corrected chi connectivity index (χ1v) is 10.8. The topological polar surface area (TPSA) is 39.1 Å². The molecule has 5 rings (SSSR count). The average molecular weight is 438 g/mol. The molecule has 0 saturated carbocycles. The maximum atomic E-state index is 6.30. The molecule has 4 aromatic rings. The van der Waals surface area contributed by atoms with E-state index in [1.54, 1.807) is 0 Å². The Kier molecular flexibility index (Phi) is 5.05. The molecule has 3 aromatic carbocycles. The number of anilines is 1. The van der Waals surface area contributed by atoms with Crippen LogP contribution in [0.3, 0.4) is 0 Å². The van der Waals surface area contributed by atoms with E-state index < -0.39 is 0 Å². The summed E-state index contributed by atoms with van der Waals surface area (Å²) in [5.74, 6) is 1.74. The van der Waals surface area contributed by atoms with Crippen LogP contribution in [0, 0.1) is 0 Å². The molecule has 6 heteroatoms. The predicted octanol–water partition coefficient (Wildman–Crippen LogP) is 6.89. The van der Waals surface area contributed by atoms with Crippen LogP contribution in [0.5, 0.6) is 5.75 Å². The Hall–Kier alpha value is -2.69. The van der Waals surface area contributed by atoms with Crippen molar-refractivity contribution in [2.24, 2.45) is 0 Å². The van der Waals surface area contributed by atoms with Crippen molar-refractivity contribution in [2.75, 3.05) is 11.9 Å². The van der Waals surface area contributed by atoms with E-state index in [9.17, 15) is 0 Å². The van der Waals surface area contributed by atoms with Crippen LogP contribution < -0.4 is 10.1 Å². The molecule has 152 valence electrons. The number of hydrogen-bond donors (Lipinski definition) is 1. The predicted molar refractivity (Wildman–Crippen MR) is 123 cm³/mol. The minimum absolute atomic E-state index is 0.0700. The second-order valence-electron chi connectivity index (χ2n) is 7.42. The highest BCUT2D eigenvalue weighted by atomic mass is 35.5. The number of fused-ring (bicyclic) bond motifs is 3. The van der Waals surface area contributed by atoms with Crippen LogP contribution in [0.1, 0.15) is 36.6 Å². The third-order valence-electron chi connectivity index (χ3n) is 5.59. The van der Waals surface area contributed by atoms with Gasteiger partial charge in [-0.05, 0) is 60.9 Å². The van der Waals surface area contributed by atoms with Gasteiger partial charge in [0, 0.05) is 0 Å². The Labute approximate surface area is 185 Å². The van der Waals surface area contributed by atoms with Crippen LogP contribution in [0.15, 0.2) is 66.7 Å². The van der Waals surface area contributed by atoms with E-state index >= 15 is 0 Å². The monoisotopic (exact) mass is 437 g/mol. The van der Waals surface area contributed by atoms with Crippen LogP contribution in [0.2, 0.25) is 10.0 Å². The van der Waals surface area contributed by atoms with Gasteiger partial charge < -0.3 is 14.6 Å². The number of halogens is 2. The van der Waals surface area contributed by atoms with E-state index in [0.29, 0.717) is 16.7 Å². The van der Waals surface area contributed by atoms with E-state index in [4.69, 9.17) is 32.9 Å². The summed E-state index contributed by atoms with van der Waals surface area (Å²) in [6.07, 6.45) is 0.860. The van der Waals surface area contributed by atoms with Gasteiger partial charge in [-0.3, -0.25) is 0 Å². The van der Waals surface area contributed by atoms with Gasteiger partial charge in [-0.25, -0.2) is 4.98 Å². The highest BCUT2D eigenvalue weighted by molar-refractivity contribution is 6.42. The summed E-state index contributed by atoms with van der Waals surface area (Å²) in [6.45, 7) is 2.65. The third kappa shape index (κ3) is 3.40. The number of aromatic nitrogens is 2. The number of para-hydroxylation sites is 2. The minimum atomic E-state index is 0.0700. The molecular weight excluding hydrogens is 417 g/mol. The molecule has 0 unspecified atom stereocenters. The zero-order chi connectivity index (χ0) is 20.7. The van der Waals surface area contributed by atoms with Crippen LogP contribution >= 0.6 is 23.2 Å². The molecule has 30 heavy (non-hydrogen) atoms. The molecule has 0 amide bonds. The average Bonchev–Trinajstić information content (AvgIpc) is 3.14. The normalized spacial score (nSPS) is 18.1. The quantitative estimate of drug-likeness (QED) is 0.377. The van der Waals surface area contributed by atoms with Crippen molar-refractivity contribution in [2.45, 2.75) is 25.4 Å². The summed E-state index contributed by atoms with van der Waals surface area (Å²) in [5.41, 5.74) is 4.41. The lowest BCUT2D eigenvalue weighted by atomic mass is 9.93. The molecule has 0 fully saturated rings. The van der Waals surface area contributed by atoms with E-state index in [1.165, 1.54) is 5.56 Å². The fourth-order valence-electron chi connectivity index (χ4n) is 4.19. The molecule has 0 radical (unpaired) electrons. The van der Waals surface area contributed by atoms with E-state index in [2.05, 4.69) is 34.1 Å². The van der Waals surface area contributed by atoms with Gasteiger partial charge in [0.05, 0.1) is 39.8 Å². The SMILES string of the molecule is CCOc1ccc([C@@H]2C[C@H](c3ccc(Cl)c(Cl)c3)Nc3nc4ccccc4n32)cc1. The molecule has 1 N–H and O–H groups in total. The Bertz CT molecular complexity index is 1200. The number of benzene rings is 3. The van der Waals surface area contributed by atoms with Gasteiger partial charge >= 0.3 is 0 Å². The van der Waals surface area contributed by atoms with Crippen molar-refractivity contribution in [3.63, 3.8) is 0 Å². The van der Waals surface area contributed by atoms with Gasteiger partial charge in [0.2, 0.25) is 5.95 Å². The molecule has 2 heterocycles. The number of imidazole rings is 1. The Balaban J connectivity index is 1.61. The number of ether oxygens (including phenoxy) is 1. The van der Waals surface area contributed by atoms with Crippen LogP contribution in [-0.4, -0.2) is 16.2 Å². The molecule has 0 aliphatic carbocycles. The van der Waals surface area contributed by atoms with Gasteiger partial charge in [-0.1, -0.05) is 53.5 Å². The summed E-state index contributed by atoms with van der Waals surface area (Å²) >= 11 is 12.4. The summed E-state index contributed by atoms with van der Waals surface area (Å²) < 4.78 is 7.92. The summed E-state index contributed by atoms with van der Waals surface area (Å²) in [7, 11) is 0. The molecule has 1 aliphatic heterocycles. The smallest absolute Gasteiger partial charge is 0.204 e. The second kappa shape index (κ2) is 7.86.